The van der Waals surface area contributed by atoms with Crippen LogP contribution >= 0.6 is 11.3 Å². The molecule has 2 heterocycles. The molecule has 1 saturated heterocycles. The molecule has 1 aliphatic heterocycles. The van der Waals surface area contributed by atoms with Gasteiger partial charge in [-0.3, -0.25) is 9.59 Å². The fourth-order valence-corrected chi connectivity index (χ4v) is 3.54. The molecule has 1 aromatic heterocycles. The van der Waals surface area contributed by atoms with Gasteiger partial charge in [0.1, 0.15) is 11.9 Å². The van der Waals surface area contributed by atoms with Crippen LogP contribution in [0.1, 0.15) is 29.6 Å². The predicted molar refractivity (Wildman–Crippen MR) is 98.0 cm³/mol. The van der Waals surface area contributed by atoms with Crippen LogP contribution in [0.25, 0.3) is 0 Å². The van der Waals surface area contributed by atoms with Crippen LogP contribution in [0, 0.1) is 5.82 Å². The summed E-state index contributed by atoms with van der Waals surface area (Å²) in [5, 5.41) is 17.4. The molecule has 0 spiro atoms. The van der Waals surface area contributed by atoms with E-state index in [4.69, 9.17) is 4.74 Å². The number of anilines is 1. The molecule has 3 rings (SSSR count). The second kappa shape index (κ2) is 9.03. The first-order valence-electron chi connectivity index (χ1n) is 8.57. The molecule has 9 heteroatoms. The maximum Gasteiger partial charge on any atom is 0.251 e. The molecule has 2 aromatic rings. The summed E-state index contributed by atoms with van der Waals surface area (Å²) in [7, 11) is 0. The van der Waals surface area contributed by atoms with Gasteiger partial charge in [-0.2, -0.15) is 0 Å². The Balaban J connectivity index is 1.53. The van der Waals surface area contributed by atoms with E-state index in [1.165, 1.54) is 29.5 Å². The number of benzene rings is 1. The number of rotatable bonds is 6. The van der Waals surface area contributed by atoms with E-state index in [2.05, 4.69) is 15.6 Å². The van der Waals surface area contributed by atoms with Gasteiger partial charge in [-0.25, -0.2) is 9.37 Å². The lowest BCUT2D eigenvalue weighted by molar-refractivity contribution is -0.126. The highest BCUT2D eigenvalue weighted by Gasteiger charge is 2.33. The first-order chi connectivity index (χ1) is 13.0. The van der Waals surface area contributed by atoms with Gasteiger partial charge < -0.3 is 20.5 Å². The molecule has 3 atom stereocenters. The monoisotopic (exact) mass is 393 g/mol. The Labute approximate surface area is 159 Å². The standard InChI is InChI=1S/C18H20FN3O4S/c19-12-3-1-2-11(8-12)17(25)21-14-5-4-13(26-15(14)10-23)9-16(24)22-18-20-6-7-27-18/h1-3,6-8,13-15,23H,4-5,9-10H2,(H,21,25)(H,20,22,24)/t13-,14+,15+/m0/s1. The van der Waals surface area contributed by atoms with Gasteiger partial charge in [0.25, 0.3) is 5.91 Å². The number of ether oxygens (including phenoxy) is 1. The minimum atomic E-state index is -0.631. The zero-order chi connectivity index (χ0) is 19.2. The zero-order valence-corrected chi connectivity index (χ0v) is 15.2. The maximum atomic E-state index is 13.3. The molecular formula is C18H20FN3O4S. The number of halogens is 1. The van der Waals surface area contributed by atoms with Crippen molar-refractivity contribution in [2.75, 3.05) is 11.9 Å². The third-order valence-electron chi connectivity index (χ3n) is 4.29. The molecule has 1 aliphatic rings. The van der Waals surface area contributed by atoms with Gasteiger partial charge in [0.05, 0.1) is 25.2 Å². The molecule has 0 aliphatic carbocycles. The number of nitrogens with one attached hydrogen (secondary N) is 2. The van der Waals surface area contributed by atoms with Gasteiger partial charge >= 0.3 is 0 Å². The molecule has 0 radical (unpaired) electrons. The smallest absolute Gasteiger partial charge is 0.251 e. The molecule has 1 fully saturated rings. The third kappa shape index (κ3) is 5.31. The lowest BCUT2D eigenvalue weighted by Gasteiger charge is -2.36. The number of thiazole rings is 1. The van der Waals surface area contributed by atoms with Crippen LogP contribution in [0.5, 0.6) is 0 Å². The Kier molecular flexibility index (Phi) is 6.49. The lowest BCUT2D eigenvalue weighted by atomic mass is 9.96. The molecule has 7 nitrogen and oxygen atoms in total. The Morgan fingerprint density at radius 1 is 1.37 bits per heavy atom. The van der Waals surface area contributed by atoms with Crippen molar-refractivity contribution in [1.82, 2.24) is 10.3 Å². The van der Waals surface area contributed by atoms with Crippen molar-refractivity contribution >= 4 is 28.3 Å². The highest BCUT2D eigenvalue weighted by atomic mass is 32.1. The molecule has 0 unspecified atom stereocenters. The Morgan fingerprint density at radius 2 is 2.22 bits per heavy atom. The summed E-state index contributed by atoms with van der Waals surface area (Å²) in [5.41, 5.74) is 0.205. The molecule has 2 amide bonds. The highest BCUT2D eigenvalue weighted by Crippen LogP contribution is 2.23. The Bertz CT molecular complexity index is 787. The van der Waals surface area contributed by atoms with E-state index >= 15 is 0 Å². The molecular weight excluding hydrogens is 373 g/mol. The normalized spacial score (nSPS) is 22.2. The topological polar surface area (TPSA) is 101 Å². The van der Waals surface area contributed by atoms with E-state index in [1.54, 1.807) is 11.6 Å². The highest BCUT2D eigenvalue weighted by molar-refractivity contribution is 7.13. The van der Waals surface area contributed by atoms with Gasteiger partial charge in [-0.15, -0.1) is 11.3 Å². The van der Waals surface area contributed by atoms with Crippen molar-refractivity contribution in [3.63, 3.8) is 0 Å². The number of aliphatic hydroxyl groups is 1. The average Bonchev–Trinajstić information content (AvgIpc) is 3.15. The maximum absolute atomic E-state index is 13.3. The Morgan fingerprint density at radius 3 is 2.93 bits per heavy atom. The third-order valence-corrected chi connectivity index (χ3v) is 4.98. The largest absolute Gasteiger partial charge is 0.394 e. The van der Waals surface area contributed by atoms with Gasteiger partial charge in [0, 0.05) is 17.1 Å². The van der Waals surface area contributed by atoms with Crippen LogP contribution in [0.2, 0.25) is 0 Å². The van der Waals surface area contributed by atoms with Gasteiger partial charge in [0.2, 0.25) is 5.91 Å². The Hall–Kier alpha value is -2.36. The van der Waals surface area contributed by atoms with Crippen molar-refractivity contribution in [2.24, 2.45) is 0 Å². The summed E-state index contributed by atoms with van der Waals surface area (Å²) < 4.78 is 19.1. The van der Waals surface area contributed by atoms with Crippen LogP contribution in [-0.2, 0) is 9.53 Å². The summed E-state index contributed by atoms with van der Waals surface area (Å²) in [6, 6.07) is 4.98. The minimum absolute atomic E-state index is 0.140. The molecule has 0 bridgehead atoms. The van der Waals surface area contributed by atoms with Crippen molar-refractivity contribution in [2.45, 2.75) is 37.5 Å². The fraction of sp³-hybridized carbons (Fsp3) is 0.389. The lowest BCUT2D eigenvalue weighted by Crippen LogP contribution is -2.51. The van der Waals surface area contributed by atoms with Crippen molar-refractivity contribution in [3.05, 3.63) is 47.2 Å². The predicted octanol–water partition coefficient (Wildman–Crippen LogP) is 1.95. The number of carbonyl (C=O) groups excluding carboxylic acids is 2. The summed E-state index contributed by atoms with van der Waals surface area (Å²) in [4.78, 5) is 28.3. The molecule has 0 saturated carbocycles. The van der Waals surface area contributed by atoms with E-state index in [1.807, 2.05) is 0 Å². The zero-order valence-electron chi connectivity index (χ0n) is 14.4. The fourth-order valence-electron chi connectivity index (χ4n) is 2.99. The van der Waals surface area contributed by atoms with Crippen LogP contribution in [-0.4, -0.2) is 46.8 Å². The molecule has 27 heavy (non-hydrogen) atoms. The molecule has 144 valence electrons. The van der Waals surface area contributed by atoms with E-state index < -0.39 is 23.9 Å². The van der Waals surface area contributed by atoms with Crippen molar-refractivity contribution < 1.29 is 23.8 Å². The van der Waals surface area contributed by atoms with Crippen LogP contribution in [0.15, 0.2) is 35.8 Å². The van der Waals surface area contributed by atoms with E-state index in [-0.39, 0.29) is 30.6 Å². The van der Waals surface area contributed by atoms with E-state index in [0.717, 1.165) is 6.07 Å². The number of carbonyl (C=O) groups is 2. The van der Waals surface area contributed by atoms with Crippen LogP contribution < -0.4 is 10.6 Å². The second-order valence-corrected chi connectivity index (χ2v) is 7.13. The number of aromatic nitrogens is 1. The average molecular weight is 393 g/mol. The minimum Gasteiger partial charge on any atom is -0.394 e. The molecule has 3 N–H and O–H groups in total. The number of hydrogen-bond donors (Lipinski definition) is 3. The SMILES string of the molecule is O=C(C[C@@H]1CC[C@@H](NC(=O)c2cccc(F)c2)[C@@H](CO)O1)Nc1nccs1. The van der Waals surface area contributed by atoms with Gasteiger partial charge in [0.15, 0.2) is 5.13 Å². The quantitative estimate of drug-likeness (QED) is 0.697. The second-order valence-electron chi connectivity index (χ2n) is 6.24. The number of aliphatic hydroxyl groups excluding tert-OH is 1. The number of hydrogen-bond acceptors (Lipinski definition) is 6. The van der Waals surface area contributed by atoms with Gasteiger partial charge in [-0.05, 0) is 31.0 Å². The first-order valence-corrected chi connectivity index (χ1v) is 9.45. The number of amides is 2. The first kappa shape index (κ1) is 19.4. The molecule has 1 aromatic carbocycles. The van der Waals surface area contributed by atoms with Crippen LogP contribution in [0.4, 0.5) is 9.52 Å². The van der Waals surface area contributed by atoms with Crippen LogP contribution in [0.3, 0.4) is 0 Å². The van der Waals surface area contributed by atoms with E-state index in [9.17, 15) is 19.1 Å². The van der Waals surface area contributed by atoms with Crippen molar-refractivity contribution in [3.8, 4) is 0 Å². The van der Waals surface area contributed by atoms with Crippen molar-refractivity contribution in [1.29, 1.82) is 0 Å². The summed E-state index contributed by atoms with van der Waals surface area (Å²) in [6.45, 7) is -0.293. The number of nitrogens with zero attached hydrogens (tertiary/aromatic N) is 1. The van der Waals surface area contributed by atoms with E-state index in [0.29, 0.717) is 18.0 Å². The summed E-state index contributed by atoms with van der Waals surface area (Å²) in [6.07, 6.45) is 1.85. The summed E-state index contributed by atoms with van der Waals surface area (Å²) in [5.74, 6) is -1.14. The van der Waals surface area contributed by atoms with Gasteiger partial charge in [-0.1, -0.05) is 6.07 Å². The summed E-state index contributed by atoms with van der Waals surface area (Å²) >= 11 is 1.33.